The van der Waals surface area contributed by atoms with Crippen LogP contribution in [0.5, 0.6) is 0 Å². The SMILES string of the molecule is O=C(NC[C@@H](O)c1ccc(Cl)s1)c1cnn(-c2ccccc2)n1. The number of hydrogen-bond donors (Lipinski definition) is 2. The summed E-state index contributed by atoms with van der Waals surface area (Å²) in [5.74, 6) is -0.395. The minimum absolute atomic E-state index is 0.0773. The van der Waals surface area contributed by atoms with Gasteiger partial charge in [0.2, 0.25) is 0 Å². The number of para-hydroxylation sites is 1. The second-order valence-electron chi connectivity index (χ2n) is 4.72. The Hall–Kier alpha value is -2.22. The molecule has 8 heteroatoms. The highest BCUT2D eigenvalue weighted by Crippen LogP contribution is 2.26. The van der Waals surface area contributed by atoms with E-state index in [1.54, 1.807) is 12.1 Å². The van der Waals surface area contributed by atoms with Crippen molar-refractivity contribution in [3.05, 3.63) is 63.6 Å². The summed E-state index contributed by atoms with van der Waals surface area (Å²) in [7, 11) is 0. The Morgan fingerprint density at radius 2 is 2.09 bits per heavy atom. The first-order valence-electron chi connectivity index (χ1n) is 6.83. The number of thiophene rings is 1. The number of hydrogen-bond acceptors (Lipinski definition) is 5. The van der Waals surface area contributed by atoms with Gasteiger partial charge < -0.3 is 10.4 Å². The summed E-state index contributed by atoms with van der Waals surface area (Å²) in [5.41, 5.74) is 0.949. The molecule has 2 N–H and O–H groups in total. The van der Waals surface area contributed by atoms with Crippen molar-refractivity contribution >= 4 is 28.8 Å². The van der Waals surface area contributed by atoms with Crippen LogP contribution in [-0.4, -0.2) is 32.6 Å². The molecule has 1 atom stereocenters. The van der Waals surface area contributed by atoms with Gasteiger partial charge in [-0.2, -0.15) is 9.90 Å². The Kier molecular flexibility index (Phi) is 4.71. The van der Waals surface area contributed by atoms with Crippen LogP contribution in [-0.2, 0) is 0 Å². The number of aliphatic hydroxyl groups excluding tert-OH is 1. The van der Waals surface area contributed by atoms with E-state index in [9.17, 15) is 9.90 Å². The number of aromatic nitrogens is 3. The average molecular weight is 349 g/mol. The smallest absolute Gasteiger partial charge is 0.273 e. The number of halogens is 1. The van der Waals surface area contributed by atoms with Crippen molar-refractivity contribution in [2.75, 3.05) is 6.54 Å². The molecule has 0 fully saturated rings. The Balaban J connectivity index is 1.62. The molecule has 118 valence electrons. The second kappa shape index (κ2) is 6.91. The molecule has 3 aromatic rings. The van der Waals surface area contributed by atoms with Crippen molar-refractivity contribution in [3.63, 3.8) is 0 Å². The number of rotatable bonds is 5. The maximum Gasteiger partial charge on any atom is 0.273 e. The van der Waals surface area contributed by atoms with E-state index in [2.05, 4.69) is 15.5 Å². The number of nitrogens with one attached hydrogen (secondary N) is 1. The summed E-state index contributed by atoms with van der Waals surface area (Å²) in [6.07, 6.45) is 0.581. The highest BCUT2D eigenvalue weighted by Gasteiger charge is 2.15. The van der Waals surface area contributed by atoms with E-state index in [0.29, 0.717) is 9.21 Å². The fraction of sp³-hybridized carbons (Fsp3) is 0.133. The van der Waals surface area contributed by atoms with E-state index in [0.717, 1.165) is 5.69 Å². The van der Waals surface area contributed by atoms with Gasteiger partial charge in [0, 0.05) is 11.4 Å². The standard InChI is InChI=1S/C15H13ClN4O2S/c16-14-7-6-13(23-14)12(21)9-17-15(22)11-8-18-20(19-11)10-4-2-1-3-5-10/h1-8,12,21H,9H2,(H,17,22)/t12-/m1/s1. The van der Waals surface area contributed by atoms with Gasteiger partial charge in [-0.3, -0.25) is 4.79 Å². The van der Waals surface area contributed by atoms with Crippen LogP contribution < -0.4 is 5.32 Å². The molecular weight excluding hydrogens is 336 g/mol. The van der Waals surface area contributed by atoms with E-state index in [1.165, 1.54) is 22.3 Å². The number of nitrogens with zero attached hydrogens (tertiary/aromatic N) is 3. The summed E-state index contributed by atoms with van der Waals surface area (Å²) in [6, 6.07) is 12.7. The summed E-state index contributed by atoms with van der Waals surface area (Å²) >= 11 is 7.10. The zero-order valence-corrected chi connectivity index (χ0v) is 13.5. The van der Waals surface area contributed by atoms with Crippen molar-refractivity contribution in [2.45, 2.75) is 6.10 Å². The maximum absolute atomic E-state index is 12.1. The fourth-order valence-corrected chi connectivity index (χ4v) is 2.99. The van der Waals surface area contributed by atoms with Crippen molar-refractivity contribution in [3.8, 4) is 5.69 Å². The zero-order chi connectivity index (χ0) is 16.2. The molecule has 2 aromatic heterocycles. The number of amides is 1. The van der Waals surface area contributed by atoms with Crippen LogP contribution in [0.25, 0.3) is 5.69 Å². The number of carbonyl (C=O) groups excluding carboxylic acids is 1. The van der Waals surface area contributed by atoms with Gasteiger partial charge in [-0.05, 0) is 24.3 Å². The van der Waals surface area contributed by atoms with E-state index in [1.807, 2.05) is 30.3 Å². The van der Waals surface area contributed by atoms with Crippen LogP contribution in [0.15, 0.2) is 48.7 Å². The van der Waals surface area contributed by atoms with Gasteiger partial charge in [0.05, 0.1) is 16.2 Å². The molecule has 0 aliphatic heterocycles. The van der Waals surface area contributed by atoms with Crippen LogP contribution in [0, 0.1) is 0 Å². The summed E-state index contributed by atoms with van der Waals surface area (Å²) in [6.45, 7) is 0.0773. The normalized spacial score (nSPS) is 12.1. The highest BCUT2D eigenvalue weighted by molar-refractivity contribution is 7.16. The first-order valence-corrected chi connectivity index (χ1v) is 8.02. The highest BCUT2D eigenvalue weighted by atomic mass is 35.5. The Labute approximate surface area is 141 Å². The zero-order valence-electron chi connectivity index (χ0n) is 11.9. The molecular formula is C15H13ClN4O2S. The van der Waals surface area contributed by atoms with E-state index >= 15 is 0 Å². The molecule has 23 heavy (non-hydrogen) atoms. The Bertz CT molecular complexity index is 803. The van der Waals surface area contributed by atoms with Crippen LogP contribution in [0.3, 0.4) is 0 Å². The van der Waals surface area contributed by atoms with Gasteiger partial charge in [-0.25, -0.2) is 0 Å². The fourth-order valence-electron chi connectivity index (χ4n) is 1.94. The predicted octanol–water partition coefficient (Wildman–Crippen LogP) is 2.45. The van der Waals surface area contributed by atoms with Crippen LogP contribution in [0.1, 0.15) is 21.5 Å². The van der Waals surface area contributed by atoms with Crippen molar-refractivity contribution < 1.29 is 9.90 Å². The summed E-state index contributed by atoms with van der Waals surface area (Å²) in [4.78, 5) is 14.1. The molecule has 1 amide bonds. The number of carbonyl (C=O) groups is 1. The minimum atomic E-state index is -0.805. The van der Waals surface area contributed by atoms with E-state index < -0.39 is 12.0 Å². The van der Waals surface area contributed by atoms with Crippen LogP contribution >= 0.6 is 22.9 Å². The van der Waals surface area contributed by atoms with Crippen molar-refractivity contribution in [2.24, 2.45) is 0 Å². The quantitative estimate of drug-likeness (QED) is 0.742. The van der Waals surface area contributed by atoms with Gasteiger partial charge in [0.1, 0.15) is 6.10 Å². The molecule has 1 aromatic carbocycles. The monoisotopic (exact) mass is 348 g/mol. The molecule has 0 unspecified atom stereocenters. The largest absolute Gasteiger partial charge is 0.386 e. The van der Waals surface area contributed by atoms with E-state index in [-0.39, 0.29) is 12.2 Å². The molecule has 0 spiro atoms. The molecule has 3 rings (SSSR count). The first kappa shape index (κ1) is 15.7. The van der Waals surface area contributed by atoms with E-state index in [4.69, 9.17) is 11.6 Å². The molecule has 2 heterocycles. The third-order valence-corrected chi connectivity index (χ3v) is 4.42. The molecule has 0 saturated heterocycles. The Morgan fingerprint density at radius 1 is 1.30 bits per heavy atom. The van der Waals surface area contributed by atoms with Crippen molar-refractivity contribution in [1.82, 2.24) is 20.3 Å². The lowest BCUT2D eigenvalue weighted by atomic mass is 10.3. The van der Waals surface area contributed by atoms with Gasteiger partial charge in [0.25, 0.3) is 5.91 Å². The molecule has 0 aliphatic rings. The number of aliphatic hydroxyl groups is 1. The Morgan fingerprint density at radius 3 is 2.78 bits per heavy atom. The predicted molar refractivity (Wildman–Crippen MR) is 88.0 cm³/mol. The number of benzene rings is 1. The lowest BCUT2D eigenvalue weighted by Crippen LogP contribution is -2.28. The minimum Gasteiger partial charge on any atom is -0.386 e. The topological polar surface area (TPSA) is 80.0 Å². The van der Waals surface area contributed by atoms with Gasteiger partial charge >= 0.3 is 0 Å². The molecule has 0 bridgehead atoms. The van der Waals surface area contributed by atoms with Gasteiger partial charge in [-0.1, -0.05) is 29.8 Å². The average Bonchev–Trinajstić information content (AvgIpc) is 3.22. The third-order valence-electron chi connectivity index (χ3n) is 3.09. The van der Waals surface area contributed by atoms with Gasteiger partial charge in [-0.15, -0.1) is 16.4 Å². The maximum atomic E-state index is 12.1. The lowest BCUT2D eigenvalue weighted by Gasteiger charge is -2.08. The van der Waals surface area contributed by atoms with Gasteiger partial charge in [0.15, 0.2) is 5.69 Å². The third kappa shape index (κ3) is 3.76. The summed E-state index contributed by atoms with van der Waals surface area (Å²) in [5, 5.41) is 20.8. The van der Waals surface area contributed by atoms with Crippen LogP contribution in [0.2, 0.25) is 4.34 Å². The molecule has 0 aliphatic carbocycles. The van der Waals surface area contributed by atoms with Crippen molar-refractivity contribution in [1.29, 1.82) is 0 Å². The lowest BCUT2D eigenvalue weighted by molar-refractivity contribution is 0.0912. The molecule has 6 nitrogen and oxygen atoms in total. The first-order chi connectivity index (χ1) is 11.1. The summed E-state index contributed by atoms with van der Waals surface area (Å²) < 4.78 is 0.594. The molecule has 0 saturated carbocycles. The van der Waals surface area contributed by atoms with Crippen LogP contribution in [0.4, 0.5) is 0 Å². The second-order valence-corrected chi connectivity index (χ2v) is 6.47. The molecule has 0 radical (unpaired) electrons.